The van der Waals surface area contributed by atoms with E-state index in [4.69, 9.17) is 5.73 Å². The number of benzene rings is 1. The van der Waals surface area contributed by atoms with Gasteiger partial charge in [-0.25, -0.2) is 0 Å². The monoisotopic (exact) mass is 376 g/mol. The molecule has 2 rings (SSSR count). The summed E-state index contributed by atoms with van der Waals surface area (Å²) in [6, 6.07) is 1.67. The summed E-state index contributed by atoms with van der Waals surface area (Å²) in [7, 11) is 0. The largest absolute Gasteiger partial charge is 0.416 e. The van der Waals surface area contributed by atoms with Crippen molar-refractivity contribution in [2.45, 2.75) is 38.3 Å². The minimum absolute atomic E-state index is 0. The Balaban J connectivity index is 0.00000288. The van der Waals surface area contributed by atoms with Crippen molar-refractivity contribution in [1.29, 1.82) is 0 Å². The van der Waals surface area contributed by atoms with Gasteiger partial charge in [-0.2, -0.15) is 26.3 Å². The second-order valence-corrected chi connectivity index (χ2v) is 6.06. The van der Waals surface area contributed by atoms with Gasteiger partial charge in [0.1, 0.15) is 0 Å². The molecule has 1 saturated heterocycles. The summed E-state index contributed by atoms with van der Waals surface area (Å²) in [5.74, 6) is 0.211. The highest BCUT2D eigenvalue weighted by atomic mass is 35.5. The van der Waals surface area contributed by atoms with Crippen molar-refractivity contribution >= 4 is 12.4 Å². The number of alkyl halides is 6. The van der Waals surface area contributed by atoms with Gasteiger partial charge in [-0.1, -0.05) is 0 Å². The third kappa shape index (κ3) is 5.26. The standard InChI is InChI=1S/C15H18F6N2.ClH/c1-9(22)11-2-3-23(8-11)7-10-4-12(14(16,17)18)6-13(5-10)15(19,20)21;/h4-6,9,11H,2-3,7-8,22H2,1H3;1H. The highest BCUT2D eigenvalue weighted by Crippen LogP contribution is 2.36. The first-order valence-electron chi connectivity index (χ1n) is 7.23. The van der Waals surface area contributed by atoms with Crippen molar-refractivity contribution in [3.05, 3.63) is 34.9 Å². The van der Waals surface area contributed by atoms with E-state index in [1.807, 2.05) is 11.8 Å². The van der Waals surface area contributed by atoms with Gasteiger partial charge in [-0.15, -0.1) is 12.4 Å². The lowest BCUT2D eigenvalue weighted by molar-refractivity contribution is -0.143. The van der Waals surface area contributed by atoms with Gasteiger partial charge in [0.25, 0.3) is 0 Å². The van der Waals surface area contributed by atoms with Crippen LogP contribution in [0.25, 0.3) is 0 Å². The van der Waals surface area contributed by atoms with Gasteiger partial charge in [0.15, 0.2) is 0 Å². The molecule has 24 heavy (non-hydrogen) atoms. The van der Waals surface area contributed by atoms with Gasteiger partial charge in [-0.3, -0.25) is 4.90 Å². The molecule has 138 valence electrons. The van der Waals surface area contributed by atoms with Gasteiger partial charge in [0, 0.05) is 19.1 Å². The Kier molecular flexibility index (Phi) is 6.57. The fourth-order valence-electron chi connectivity index (χ4n) is 2.80. The van der Waals surface area contributed by atoms with Crippen molar-refractivity contribution < 1.29 is 26.3 Å². The molecule has 0 radical (unpaired) electrons. The number of likely N-dealkylation sites (tertiary alicyclic amines) is 1. The molecule has 2 N–H and O–H groups in total. The van der Waals surface area contributed by atoms with E-state index < -0.39 is 23.5 Å². The summed E-state index contributed by atoms with van der Waals surface area (Å²) in [6.45, 7) is 3.09. The molecule has 1 aromatic rings. The molecule has 1 aromatic carbocycles. The Labute approximate surface area is 142 Å². The number of rotatable bonds is 3. The summed E-state index contributed by atoms with van der Waals surface area (Å²) in [5.41, 5.74) is 3.26. The molecule has 2 nitrogen and oxygen atoms in total. The summed E-state index contributed by atoms with van der Waals surface area (Å²) in [4.78, 5) is 1.84. The van der Waals surface area contributed by atoms with Crippen LogP contribution in [0.15, 0.2) is 18.2 Å². The van der Waals surface area contributed by atoms with Crippen LogP contribution < -0.4 is 5.73 Å². The van der Waals surface area contributed by atoms with Crippen LogP contribution in [0.3, 0.4) is 0 Å². The van der Waals surface area contributed by atoms with E-state index in [1.54, 1.807) is 0 Å². The number of nitrogens with zero attached hydrogens (tertiary/aromatic N) is 1. The van der Waals surface area contributed by atoms with Crippen LogP contribution in [0.1, 0.15) is 30.0 Å². The second-order valence-electron chi connectivity index (χ2n) is 6.06. The summed E-state index contributed by atoms with van der Waals surface area (Å²) in [5, 5.41) is 0. The van der Waals surface area contributed by atoms with E-state index in [9.17, 15) is 26.3 Å². The number of hydrogen-bond acceptors (Lipinski definition) is 2. The van der Waals surface area contributed by atoms with Gasteiger partial charge < -0.3 is 5.73 Å². The maximum Gasteiger partial charge on any atom is 0.416 e. The lowest BCUT2D eigenvalue weighted by atomic mass is 10.0. The zero-order valence-electron chi connectivity index (χ0n) is 12.9. The Hall–Kier alpha value is -0.990. The summed E-state index contributed by atoms with van der Waals surface area (Å²) in [6.07, 6.45) is -8.83. The Bertz CT molecular complexity index is 524. The normalized spacial score (nSPS) is 20.8. The molecule has 0 saturated carbocycles. The molecule has 1 aliphatic rings. The molecule has 0 amide bonds. The number of hydrogen-bond donors (Lipinski definition) is 1. The molecule has 0 aromatic heterocycles. The molecule has 1 aliphatic heterocycles. The molecule has 9 heteroatoms. The minimum Gasteiger partial charge on any atom is -0.328 e. The highest BCUT2D eigenvalue weighted by molar-refractivity contribution is 5.85. The van der Waals surface area contributed by atoms with Gasteiger partial charge in [-0.05, 0) is 49.6 Å². The molecule has 0 spiro atoms. The van der Waals surface area contributed by atoms with E-state index in [-0.39, 0.29) is 42.5 Å². The molecule has 1 heterocycles. The van der Waals surface area contributed by atoms with E-state index in [2.05, 4.69) is 0 Å². The molecule has 0 aliphatic carbocycles. The number of halogens is 7. The third-order valence-electron chi connectivity index (χ3n) is 4.11. The predicted octanol–water partition coefficient (Wildman–Crippen LogP) is 4.32. The van der Waals surface area contributed by atoms with Gasteiger partial charge in [0.05, 0.1) is 11.1 Å². The zero-order chi connectivity index (χ0) is 17.4. The summed E-state index contributed by atoms with van der Waals surface area (Å²) >= 11 is 0. The van der Waals surface area contributed by atoms with E-state index in [0.29, 0.717) is 13.1 Å². The maximum absolute atomic E-state index is 12.8. The van der Waals surface area contributed by atoms with Crippen molar-refractivity contribution in [3.63, 3.8) is 0 Å². The summed E-state index contributed by atoms with van der Waals surface area (Å²) < 4.78 is 76.9. The average Bonchev–Trinajstić information content (AvgIpc) is 2.85. The van der Waals surface area contributed by atoms with Crippen molar-refractivity contribution in [3.8, 4) is 0 Å². The quantitative estimate of drug-likeness (QED) is 0.796. The Morgan fingerprint density at radius 3 is 1.96 bits per heavy atom. The van der Waals surface area contributed by atoms with Crippen LogP contribution in [-0.2, 0) is 18.9 Å². The van der Waals surface area contributed by atoms with Gasteiger partial charge >= 0.3 is 12.4 Å². The smallest absolute Gasteiger partial charge is 0.328 e. The van der Waals surface area contributed by atoms with Crippen molar-refractivity contribution in [2.75, 3.05) is 13.1 Å². The predicted molar refractivity (Wildman–Crippen MR) is 80.7 cm³/mol. The Morgan fingerprint density at radius 1 is 1.08 bits per heavy atom. The zero-order valence-corrected chi connectivity index (χ0v) is 13.7. The van der Waals surface area contributed by atoms with Crippen molar-refractivity contribution in [1.82, 2.24) is 4.90 Å². The van der Waals surface area contributed by atoms with Crippen LogP contribution in [0.2, 0.25) is 0 Å². The van der Waals surface area contributed by atoms with E-state index in [0.717, 1.165) is 18.6 Å². The molecule has 0 bridgehead atoms. The average molecular weight is 377 g/mol. The molecule has 2 atom stereocenters. The SMILES string of the molecule is CC(N)C1CCN(Cc2cc(C(F)(F)F)cc(C(F)(F)F)c2)C1.Cl. The molecular formula is C15H19ClF6N2. The topological polar surface area (TPSA) is 29.3 Å². The first-order chi connectivity index (χ1) is 10.5. The van der Waals surface area contributed by atoms with E-state index in [1.165, 1.54) is 0 Å². The molecular weight excluding hydrogens is 358 g/mol. The maximum atomic E-state index is 12.8. The van der Waals surface area contributed by atoms with Crippen LogP contribution in [0.4, 0.5) is 26.3 Å². The fraction of sp³-hybridized carbons (Fsp3) is 0.600. The fourth-order valence-corrected chi connectivity index (χ4v) is 2.80. The van der Waals surface area contributed by atoms with Crippen LogP contribution >= 0.6 is 12.4 Å². The lowest BCUT2D eigenvalue weighted by Gasteiger charge is -2.20. The van der Waals surface area contributed by atoms with Crippen molar-refractivity contribution in [2.24, 2.45) is 11.7 Å². The minimum atomic E-state index is -4.81. The Morgan fingerprint density at radius 2 is 1.58 bits per heavy atom. The third-order valence-corrected chi connectivity index (χ3v) is 4.11. The van der Waals surface area contributed by atoms with Crippen LogP contribution in [0.5, 0.6) is 0 Å². The van der Waals surface area contributed by atoms with Crippen LogP contribution in [0, 0.1) is 5.92 Å². The molecule has 2 unspecified atom stereocenters. The number of nitrogens with two attached hydrogens (primary N) is 1. The lowest BCUT2D eigenvalue weighted by Crippen LogP contribution is -2.29. The first kappa shape index (κ1) is 21.1. The second kappa shape index (κ2) is 7.49. The first-order valence-corrected chi connectivity index (χ1v) is 7.23. The highest BCUT2D eigenvalue weighted by Gasteiger charge is 2.37. The van der Waals surface area contributed by atoms with Gasteiger partial charge in [0.2, 0.25) is 0 Å². The van der Waals surface area contributed by atoms with Crippen LogP contribution in [-0.4, -0.2) is 24.0 Å². The molecule has 1 fully saturated rings. The van der Waals surface area contributed by atoms with E-state index >= 15 is 0 Å².